The van der Waals surface area contributed by atoms with Crippen LogP contribution < -0.4 is 4.90 Å². The normalized spacial score (nSPS) is 19.8. The van der Waals surface area contributed by atoms with Crippen LogP contribution in [0.25, 0.3) is 0 Å². The van der Waals surface area contributed by atoms with Crippen LogP contribution in [0.4, 0.5) is 5.13 Å². The van der Waals surface area contributed by atoms with E-state index in [1.165, 1.54) is 17.8 Å². The highest BCUT2D eigenvalue weighted by Crippen LogP contribution is 2.32. The molecule has 1 aliphatic rings. The summed E-state index contributed by atoms with van der Waals surface area (Å²) in [5.74, 6) is 1.44. The molecule has 5 heteroatoms. The first-order valence-electron chi connectivity index (χ1n) is 6.34. The number of carbonyl (C=O) groups excluding carboxylic acids is 1. The summed E-state index contributed by atoms with van der Waals surface area (Å²) in [5, 5.41) is 0.965. The van der Waals surface area contributed by atoms with E-state index in [0.29, 0.717) is 17.4 Å². The van der Waals surface area contributed by atoms with Gasteiger partial charge in [-0.15, -0.1) is 0 Å². The first-order valence-corrected chi connectivity index (χ1v) is 7.16. The van der Waals surface area contributed by atoms with Gasteiger partial charge in [0.15, 0.2) is 11.4 Å². The molecule has 18 heavy (non-hydrogen) atoms. The van der Waals surface area contributed by atoms with Gasteiger partial charge >= 0.3 is 0 Å². The van der Waals surface area contributed by atoms with E-state index in [4.69, 9.17) is 4.74 Å². The molecule has 0 aliphatic carbocycles. The molecule has 0 bridgehead atoms. The molecule has 1 aromatic heterocycles. The second-order valence-electron chi connectivity index (χ2n) is 5.10. The highest BCUT2D eigenvalue weighted by molar-refractivity contribution is 7.17. The first kappa shape index (κ1) is 13.5. The topological polar surface area (TPSA) is 42.4 Å². The lowest BCUT2D eigenvalue weighted by Gasteiger charge is -2.16. The SMILES string of the molecule is COCc1nc(N2CCC(C(C)C)C2)sc1C=O. The van der Waals surface area contributed by atoms with Crippen LogP contribution in [-0.2, 0) is 11.3 Å². The third kappa shape index (κ3) is 2.72. The summed E-state index contributed by atoms with van der Waals surface area (Å²) in [4.78, 5) is 18.5. The van der Waals surface area contributed by atoms with Crippen LogP contribution in [0, 0.1) is 11.8 Å². The summed E-state index contributed by atoms with van der Waals surface area (Å²) < 4.78 is 5.07. The van der Waals surface area contributed by atoms with Gasteiger partial charge in [0.25, 0.3) is 0 Å². The fraction of sp³-hybridized carbons (Fsp3) is 0.692. The summed E-state index contributed by atoms with van der Waals surface area (Å²) in [6, 6.07) is 0. The van der Waals surface area contributed by atoms with Gasteiger partial charge in [-0.3, -0.25) is 4.79 Å². The fourth-order valence-electron chi connectivity index (χ4n) is 2.32. The van der Waals surface area contributed by atoms with Crippen LogP contribution in [0.15, 0.2) is 0 Å². The minimum Gasteiger partial charge on any atom is -0.378 e. The number of nitrogens with zero attached hydrogens (tertiary/aromatic N) is 2. The monoisotopic (exact) mass is 268 g/mol. The van der Waals surface area contributed by atoms with Gasteiger partial charge in [-0.2, -0.15) is 0 Å². The number of rotatable bonds is 5. The molecule has 4 nitrogen and oxygen atoms in total. The number of hydrogen-bond donors (Lipinski definition) is 0. The number of ether oxygens (including phenoxy) is 1. The van der Waals surface area contributed by atoms with Crippen LogP contribution in [0.1, 0.15) is 35.6 Å². The lowest BCUT2D eigenvalue weighted by molar-refractivity contribution is 0.112. The molecule has 0 amide bonds. The Balaban J connectivity index is 2.12. The average Bonchev–Trinajstić information content (AvgIpc) is 2.94. The van der Waals surface area contributed by atoms with Gasteiger partial charge in [-0.1, -0.05) is 25.2 Å². The summed E-state index contributed by atoms with van der Waals surface area (Å²) in [6.45, 7) is 7.04. The number of thiazole rings is 1. The third-order valence-electron chi connectivity index (χ3n) is 3.54. The molecular weight excluding hydrogens is 248 g/mol. The van der Waals surface area contributed by atoms with E-state index in [0.717, 1.165) is 36.1 Å². The number of anilines is 1. The summed E-state index contributed by atoms with van der Waals surface area (Å²) in [7, 11) is 1.62. The third-order valence-corrected chi connectivity index (χ3v) is 4.63. The highest BCUT2D eigenvalue weighted by atomic mass is 32.1. The Hall–Kier alpha value is -0.940. The van der Waals surface area contributed by atoms with Gasteiger partial charge in [-0.25, -0.2) is 4.98 Å². The molecule has 1 atom stereocenters. The molecule has 1 saturated heterocycles. The van der Waals surface area contributed by atoms with Crippen LogP contribution >= 0.6 is 11.3 Å². The van der Waals surface area contributed by atoms with E-state index in [-0.39, 0.29) is 0 Å². The molecular formula is C13H20N2O2S. The quantitative estimate of drug-likeness (QED) is 0.770. The van der Waals surface area contributed by atoms with E-state index in [1.54, 1.807) is 7.11 Å². The van der Waals surface area contributed by atoms with E-state index in [2.05, 4.69) is 23.7 Å². The van der Waals surface area contributed by atoms with Gasteiger partial charge in [-0.05, 0) is 18.3 Å². The molecule has 1 fully saturated rings. The Morgan fingerprint density at radius 1 is 1.61 bits per heavy atom. The second-order valence-corrected chi connectivity index (χ2v) is 6.11. The minimum absolute atomic E-state index is 0.409. The van der Waals surface area contributed by atoms with Crippen molar-refractivity contribution in [3.8, 4) is 0 Å². The smallest absolute Gasteiger partial charge is 0.186 e. The Morgan fingerprint density at radius 3 is 2.94 bits per heavy atom. The Kier molecular flexibility index (Phi) is 4.35. The Morgan fingerprint density at radius 2 is 2.39 bits per heavy atom. The van der Waals surface area contributed by atoms with Crippen LogP contribution in [0.3, 0.4) is 0 Å². The van der Waals surface area contributed by atoms with E-state index in [9.17, 15) is 4.79 Å². The summed E-state index contributed by atoms with van der Waals surface area (Å²) in [6.07, 6.45) is 2.10. The zero-order chi connectivity index (χ0) is 13.1. The van der Waals surface area contributed by atoms with Gasteiger partial charge in [0.05, 0.1) is 17.2 Å². The van der Waals surface area contributed by atoms with Crippen LogP contribution in [-0.4, -0.2) is 31.5 Å². The fourth-order valence-corrected chi connectivity index (χ4v) is 3.24. The molecule has 2 heterocycles. The molecule has 1 aliphatic heterocycles. The molecule has 0 N–H and O–H groups in total. The molecule has 0 aromatic carbocycles. The van der Waals surface area contributed by atoms with E-state index >= 15 is 0 Å². The molecule has 0 radical (unpaired) electrons. The van der Waals surface area contributed by atoms with Crippen LogP contribution in [0.2, 0.25) is 0 Å². The second kappa shape index (κ2) is 5.80. The van der Waals surface area contributed by atoms with Gasteiger partial charge < -0.3 is 9.64 Å². The van der Waals surface area contributed by atoms with Crippen molar-refractivity contribution >= 4 is 22.8 Å². The molecule has 0 saturated carbocycles. The highest BCUT2D eigenvalue weighted by Gasteiger charge is 2.27. The number of aromatic nitrogens is 1. The van der Waals surface area contributed by atoms with Crippen molar-refractivity contribution in [3.63, 3.8) is 0 Å². The van der Waals surface area contributed by atoms with Crippen molar-refractivity contribution in [3.05, 3.63) is 10.6 Å². The number of methoxy groups -OCH3 is 1. The predicted molar refractivity (Wildman–Crippen MR) is 73.4 cm³/mol. The molecule has 100 valence electrons. The molecule has 1 aromatic rings. The predicted octanol–water partition coefficient (Wildman–Crippen LogP) is 2.58. The zero-order valence-corrected chi connectivity index (χ0v) is 12.0. The summed E-state index contributed by atoms with van der Waals surface area (Å²) >= 11 is 1.48. The molecule has 1 unspecified atom stereocenters. The van der Waals surface area contributed by atoms with Crippen molar-refractivity contribution < 1.29 is 9.53 Å². The average molecular weight is 268 g/mol. The first-order chi connectivity index (χ1) is 8.65. The van der Waals surface area contributed by atoms with Gasteiger partial charge in [0, 0.05) is 20.2 Å². The maximum absolute atomic E-state index is 11.0. The maximum atomic E-state index is 11.0. The largest absolute Gasteiger partial charge is 0.378 e. The van der Waals surface area contributed by atoms with Crippen LogP contribution in [0.5, 0.6) is 0 Å². The maximum Gasteiger partial charge on any atom is 0.186 e. The Labute approximate surface area is 112 Å². The van der Waals surface area contributed by atoms with E-state index < -0.39 is 0 Å². The van der Waals surface area contributed by atoms with Crippen molar-refractivity contribution in [2.75, 3.05) is 25.1 Å². The number of aldehydes is 1. The van der Waals surface area contributed by atoms with Crippen molar-refractivity contribution in [1.29, 1.82) is 0 Å². The minimum atomic E-state index is 0.409. The number of hydrogen-bond acceptors (Lipinski definition) is 5. The van der Waals surface area contributed by atoms with Crippen molar-refractivity contribution in [2.45, 2.75) is 26.9 Å². The summed E-state index contributed by atoms with van der Waals surface area (Å²) in [5.41, 5.74) is 0.764. The molecule has 0 spiro atoms. The van der Waals surface area contributed by atoms with Gasteiger partial charge in [0.1, 0.15) is 0 Å². The van der Waals surface area contributed by atoms with Crippen molar-refractivity contribution in [2.24, 2.45) is 11.8 Å². The Bertz CT molecular complexity index is 417. The lowest BCUT2D eigenvalue weighted by atomic mass is 9.95. The molecule has 2 rings (SSSR count). The number of carbonyl (C=O) groups is 1. The van der Waals surface area contributed by atoms with E-state index in [1.807, 2.05) is 0 Å². The van der Waals surface area contributed by atoms with Crippen molar-refractivity contribution in [1.82, 2.24) is 4.98 Å². The standard InChI is InChI=1S/C13H20N2O2S/c1-9(2)10-4-5-15(6-10)13-14-11(8-17-3)12(7-16)18-13/h7,9-10H,4-6,8H2,1-3H3. The van der Waals surface area contributed by atoms with Gasteiger partial charge in [0.2, 0.25) is 0 Å². The lowest BCUT2D eigenvalue weighted by Crippen LogP contribution is -2.21. The zero-order valence-electron chi connectivity index (χ0n) is 11.2.